The molecule has 2 aromatic heterocycles. The molecule has 34 heavy (non-hydrogen) atoms. The van der Waals surface area contributed by atoms with Gasteiger partial charge in [0.2, 0.25) is 0 Å². The van der Waals surface area contributed by atoms with Gasteiger partial charge in [0.1, 0.15) is 17.9 Å². The molecule has 0 spiro atoms. The Morgan fingerprint density at radius 2 is 1.97 bits per heavy atom. The summed E-state index contributed by atoms with van der Waals surface area (Å²) in [6.45, 7) is 9.81. The molecule has 0 radical (unpaired) electrons. The summed E-state index contributed by atoms with van der Waals surface area (Å²) in [4.78, 5) is 30.1. The highest BCUT2D eigenvalue weighted by molar-refractivity contribution is 7.54. The van der Waals surface area contributed by atoms with Crippen molar-refractivity contribution in [1.29, 1.82) is 0 Å². The van der Waals surface area contributed by atoms with Gasteiger partial charge >= 0.3 is 13.3 Å². The van der Waals surface area contributed by atoms with E-state index in [1.54, 1.807) is 26.8 Å². The zero-order valence-corrected chi connectivity index (χ0v) is 21.3. The third-order valence-electron chi connectivity index (χ3n) is 7.03. The van der Waals surface area contributed by atoms with Crippen molar-refractivity contribution in [2.45, 2.75) is 96.3 Å². The van der Waals surface area contributed by atoms with Gasteiger partial charge in [-0.1, -0.05) is 27.2 Å². The molecule has 1 aliphatic heterocycles. The first-order valence-corrected chi connectivity index (χ1v) is 13.1. The SMILES string of the molecule is CCCC(C)(OP(=O)(O)[C@@](C)(O)CC)C(C)[C@H]1O[C@@H](n2cc3cc(C)[nH]c3nc2=O)[C@H](O)[C@@H]1O. The number of aromatic nitrogens is 3. The summed E-state index contributed by atoms with van der Waals surface area (Å²) in [7, 11) is -4.49. The van der Waals surface area contributed by atoms with Crippen molar-refractivity contribution in [2.24, 2.45) is 5.92 Å². The van der Waals surface area contributed by atoms with Crippen LogP contribution in [0.3, 0.4) is 0 Å². The highest BCUT2D eigenvalue weighted by atomic mass is 31.2. The minimum absolute atomic E-state index is 0.00225. The van der Waals surface area contributed by atoms with E-state index in [1.165, 1.54) is 13.1 Å². The van der Waals surface area contributed by atoms with Crippen LogP contribution in [0, 0.1) is 12.8 Å². The van der Waals surface area contributed by atoms with Crippen LogP contribution in [0.25, 0.3) is 11.0 Å². The quantitative estimate of drug-likeness (QED) is 0.324. The topological polar surface area (TPSA) is 167 Å². The first-order valence-electron chi connectivity index (χ1n) is 11.5. The first-order chi connectivity index (χ1) is 15.7. The van der Waals surface area contributed by atoms with Crippen LogP contribution in [0.5, 0.6) is 0 Å². The van der Waals surface area contributed by atoms with Crippen molar-refractivity contribution >= 4 is 18.6 Å². The molecule has 1 fully saturated rings. The second-order valence-corrected chi connectivity index (χ2v) is 11.9. The summed E-state index contributed by atoms with van der Waals surface area (Å²) in [5, 5.41) is 30.7. The molecule has 1 aliphatic rings. The number of fused-ring (bicyclic) bond motifs is 1. The summed E-state index contributed by atoms with van der Waals surface area (Å²) in [6, 6.07) is 1.79. The number of aromatic amines is 1. The van der Waals surface area contributed by atoms with Gasteiger partial charge in [-0.25, -0.2) is 4.79 Å². The van der Waals surface area contributed by atoms with Gasteiger partial charge < -0.3 is 29.9 Å². The molecule has 5 N–H and O–H groups in total. The van der Waals surface area contributed by atoms with E-state index in [4.69, 9.17) is 9.26 Å². The van der Waals surface area contributed by atoms with Gasteiger partial charge in [-0.05, 0) is 39.7 Å². The van der Waals surface area contributed by atoms with E-state index in [-0.39, 0.29) is 6.42 Å². The molecular weight excluding hydrogens is 465 g/mol. The highest BCUT2D eigenvalue weighted by Crippen LogP contribution is 2.60. The zero-order chi connectivity index (χ0) is 25.6. The van der Waals surface area contributed by atoms with Crippen molar-refractivity contribution in [1.82, 2.24) is 14.5 Å². The predicted molar refractivity (Wildman–Crippen MR) is 125 cm³/mol. The van der Waals surface area contributed by atoms with Crippen LogP contribution in [0.1, 0.15) is 65.8 Å². The van der Waals surface area contributed by atoms with Crippen LogP contribution in [0.2, 0.25) is 0 Å². The first kappa shape index (κ1) is 27.0. The molecule has 3 heterocycles. The van der Waals surface area contributed by atoms with E-state index in [0.29, 0.717) is 23.9 Å². The normalized spacial score (nSPS) is 29.5. The Hall–Kier alpha value is -1.59. The molecule has 0 amide bonds. The summed E-state index contributed by atoms with van der Waals surface area (Å²) in [5.74, 6) is -0.697. The van der Waals surface area contributed by atoms with Gasteiger partial charge in [-0.3, -0.25) is 13.7 Å². The molecule has 1 saturated heterocycles. The van der Waals surface area contributed by atoms with E-state index >= 15 is 0 Å². The number of rotatable bonds is 9. The Morgan fingerprint density at radius 1 is 1.32 bits per heavy atom. The molecule has 3 rings (SSSR count). The minimum atomic E-state index is -4.49. The van der Waals surface area contributed by atoms with Crippen LogP contribution in [-0.2, 0) is 13.8 Å². The van der Waals surface area contributed by atoms with E-state index in [0.717, 1.165) is 10.3 Å². The van der Waals surface area contributed by atoms with Crippen molar-refractivity contribution in [2.75, 3.05) is 0 Å². The molecule has 2 aromatic rings. The standard InChI is InChI=1S/C22H36N3O8P/c1-7-9-21(5,33-34(30,31)22(6,29)8-2)13(4)17-15(26)16(27)19(32-17)25-11-14-10-12(3)23-18(14)24-20(25)28/h10-11,13,15-17,19,26-27,29H,7-9H2,1-6H3,(H,30,31)(H,23,24,28)/t13?,15-,16+,17+,19+,21?,22+/m0/s1. The number of aliphatic hydroxyl groups is 3. The average molecular weight is 502 g/mol. The van der Waals surface area contributed by atoms with Crippen LogP contribution >= 0.6 is 7.60 Å². The number of H-pyrrole nitrogens is 1. The number of nitrogens with one attached hydrogen (secondary N) is 1. The van der Waals surface area contributed by atoms with Crippen LogP contribution in [0.4, 0.5) is 0 Å². The Bertz CT molecular complexity index is 1130. The van der Waals surface area contributed by atoms with E-state index in [2.05, 4.69) is 9.97 Å². The maximum Gasteiger partial charge on any atom is 0.359 e. The smallest absolute Gasteiger partial charge is 0.359 e. The molecule has 8 atom stereocenters. The predicted octanol–water partition coefficient (Wildman–Crippen LogP) is 2.17. The lowest BCUT2D eigenvalue weighted by Crippen LogP contribution is -2.47. The van der Waals surface area contributed by atoms with Gasteiger partial charge in [-0.2, -0.15) is 4.98 Å². The Labute approximate surface area is 198 Å². The van der Waals surface area contributed by atoms with Gasteiger partial charge in [0.25, 0.3) is 0 Å². The fraction of sp³-hybridized carbons (Fsp3) is 0.727. The number of nitrogens with zero attached hydrogens (tertiary/aromatic N) is 2. The van der Waals surface area contributed by atoms with Crippen molar-refractivity contribution in [3.05, 3.63) is 28.4 Å². The summed E-state index contributed by atoms with van der Waals surface area (Å²) < 4.78 is 25.8. The zero-order valence-electron chi connectivity index (χ0n) is 20.4. The molecule has 12 heteroatoms. The number of hydrogen-bond acceptors (Lipinski definition) is 8. The number of aryl methyl sites for hydroxylation is 1. The summed E-state index contributed by atoms with van der Waals surface area (Å²) >= 11 is 0. The van der Waals surface area contributed by atoms with E-state index in [9.17, 15) is 29.6 Å². The second-order valence-electron chi connectivity index (χ2n) is 9.69. The molecule has 3 unspecified atom stereocenters. The van der Waals surface area contributed by atoms with Crippen molar-refractivity contribution in [3.63, 3.8) is 0 Å². The van der Waals surface area contributed by atoms with Crippen LogP contribution in [-0.4, -0.2) is 64.0 Å². The van der Waals surface area contributed by atoms with Crippen molar-refractivity contribution in [3.8, 4) is 0 Å². The lowest BCUT2D eigenvalue weighted by molar-refractivity contribution is -0.109. The Morgan fingerprint density at radius 3 is 2.56 bits per heavy atom. The maximum atomic E-state index is 13.0. The lowest BCUT2D eigenvalue weighted by Gasteiger charge is -2.42. The number of ether oxygens (including phenoxy) is 1. The minimum Gasteiger partial charge on any atom is -0.388 e. The van der Waals surface area contributed by atoms with Gasteiger partial charge in [0, 0.05) is 23.2 Å². The molecule has 0 aromatic carbocycles. The summed E-state index contributed by atoms with van der Waals surface area (Å²) in [6.07, 6.45) is -2.69. The molecule has 11 nitrogen and oxygen atoms in total. The maximum absolute atomic E-state index is 13.0. The fourth-order valence-electron chi connectivity index (χ4n) is 4.44. The van der Waals surface area contributed by atoms with Gasteiger partial charge in [0.15, 0.2) is 11.6 Å². The Balaban J connectivity index is 1.93. The van der Waals surface area contributed by atoms with Crippen LogP contribution in [0.15, 0.2) is 17.1 Å². The lowest BCUT2D eigenvalue weighted by atomic mass is 9.81. The number of aliphatic hydroxyl groups excluding tert-OH is 2. The van der Waals surface area contributed by atoms with E-state index in [1.807, 2.05) is 13.8 Å². The molecular formula is C22H36N3O8P. The molecule has 192 valence electrons. The third-order valence-corrected chi connectivity index (χ3v) is 9.23. The molecule has 0 aliphatic carbocycles. The average Bonchev–Trinajstić information content (AvgIpc) is 3.24. The summed E-state index contributed by atoms with van der Waals surface area (Å²) in [5.41, 5.74) is -0.737. The van der Waals surface area contributed by atoms with E-state index < -0.39 is 54.7 Å². The van der Waals surface area contributed by atoms with Crippen molar-refractivity contribution < 1.29 is 34.0 Å². The Kier molecular flexibility index (Phi) is 7.51. The monoisotopic (exact) mass is 501 g/mol. The van der Waals surface area contributed by atoms with Gasteiger partial charge in [-0.15, -0.1) is 0 Å². The van der Waals surface area contributed by atoms with Crippen LogP contribution < -0.4 is 5.69 Å². The van der Waals surface area contributed by atoms with Gasteiger partial charge in [0.05, 0.1) is 11.7 Å². The third kappa shape index (κ3) is 4.75. The molecule has 0 saturated carbocycles. The second kappa shape index (κ2) is 9.46. The fourth-order valence-corrected chi connectivity index (χ4v) is 5.86. The number of hydrogen-bond donors (Lipinski definition) is 5. The molecule has 0 bridgehead atoms. The highest BCUT2D eigenvalue weighted by Gasteiger charge is 2.54. The largest absolute Gasteiger partial charge is 0.388 e.